The highest BCUT2D eigenvalue weighted by Gasteiger charge is 2.28. The highest BCUT2D eigenvalue weighted by atomic mass is 32.2. The second kappa shape index (κ2) is 16.6. The molecule has 8 N–H and O–H groups in total. The smallest absolute Gasteiger partial charge is 0.340 e. The summed E-state index contributed by atoms with van der Waals surface area (Å²) in [6, 6.07) is 10.9. The molecule has 4 aromatic carbocycles. The van der Waals surface area contributed by atoms with Gasteiger partial charge >= 0.3 is 11.9 Å². The maximum Gasteiger partial charge on any atom is 0.340 e. The number of carboxylic acid groups (broad SMARTS) is 2. The Bertz CT molecular complexity index is 2730. The molecule has 0 spiro atoms. The van der Waals surface area contributed by atoms with E-state index in [4.69, 9.17) is 21.6 Å². The first-order valence-corrected chi connectivity index (χ1v) is 19.5. The van der Waals surface area contributed by atoms with E-state index in [9.17, 15) is 49.6 Å². The minimum Gasteiger partial charge on any atom is -0.479 e. The van der Waals surface area contributed by atoms with Gasteiger partial charge in [0.25, 0.3) is 10.1 Å². The molecule has 0 atom stereocenters. The van der Waals surface area contributed by atoms with Crippen molar-refractivity contribution in [3.05, 3.63) is 101 Å². The molecule has 0 heterocycles. The third-order valence-electron chi connectivity index (χ3n) is 7.26. The molecule has 0 saturated carbocycles. The van der Waals surface area contributed by atoms with E-state index in [0.29, 0.717) is 23.4 Å². The molecule has 0 bridgehead atoms. The van der Waals surface area contributed by atoms with Gasteiger partial charge < -0.3 is 26.4 Å². The van der Waals surface area contributed by atoms with E-state index < -0.39 is 96.8 Å². The first-order chi connectivity index (χ1) is 26.2. The zero-order valence-electron chi connectivity index (χ0n) is 28.2. The van der Waals surface area contributed by atoms with Crippen molar-refractivity contribution in [3.8, 4) is 0 Å². The quantitative estimate of drug-likeness (QED) is 0.0225. The summed E-state index contributed by atoms with van der Waals surface area (Å²) in [4.78, 5) is 23.0. The molecule has 0 fully saturated rings. The molecule has 21 nitrogen and oxygen atoms in total. The van der Waals surface area contributed by atoms with Gasteiger partial charge in [0.15, 0.2) is 26.1 Å². The number of nitrogen functional groups attached to an aromatic ring is 2. The van der Waals surface area contributed by atoms with Crippen molar-refractivity contribution >= 4 is 93.6 Å². The molecule has 0 unspecified atom stereocenters. The van der Waals surface area contributed by atoms with Gasteiger partial charge in [-0.3, -0.25) is 9.96 Å². The molecular weight excluding hydrogens is 799 g/mol. The number of rotatable bonds is 16. The highest BCUT2D eigenvalue weighted by Crippen LogP contribution is 2.49. The van der Waals surface area contributed by atoms with E-state index in [-0.39, 0.29) is 22.9 Å². The second-order valence-corrected chi connectivity index (χ2v) is 15.9. The monoisotopic (exact) mass is 825 g/mol. The molecule has 0 aliphatic rings. The maximum absolute atomic E-state index is 12.7. The Hall–Kier alpha value is -7.02. The fraction of sp³-hybridized carbons (Fsp3) is 0.0312. The molecule has 4 aromatic rings. The number of benzene rings is 4. The topological polar surface area (TPSA) is 357 Å². The van der Waals surface area contributed by atoms with Gasteiger partial charge in [-0.2, -0.15) is 13.5 Å². The molecule has 4 rings (SSSR count). The van der Waals surface area contributed by atoms with E-state index in [1.807, 2.05) is 0 Å². The fourth-order valence-electron chi connectivity index (χ4n) is 4.51. The van der Waals surface area contributed by atoms with Crippen LogP contribution in [0.4, 0.5) is 45.5 Å². The lowest BCUT2D eigenvalue weighted by atomic mass is 10.1. The number of carbonyl (C=O) groups is 2. The van der Waals surface area contributed by atoms with Crippen molar-refractivity contribution in [3.63, 3.8) is 0 Å². The molecule has 0 aromatic heterocycles. The molecule has 0 aliphatic heterocycles. The third kappa shape index (κ3) is 9.19. The van der Waals surface area contributed by atoms with Gasteiger partial charge in [0.2, 0.25) is 0 Å². The van der Waals surface area contributed by atoms with Crippen LogP contribution in [0.2, 0.25) is 0 Å². The van der Waals surface area contributed by atoms with E-state index in [0.717, 1.165) is 35.7 Å². The average molecular weight is 826 g/mol. The van der Waals surface area contributed by atoms with Crippen LogP contribution in [0, 0.1) is 5.41 Å². The van der Waals surface area contributed by atoms with Crippen molar-refractivity contribution in [2.24, 2.45) is 30.7 Å². The van der Waals surface area contributed by atoms with Crippen LogP contribution in [0.15, 0.2) is 130 Å². The van der Waals surface area contributed by atoms with Crippen molar-refractivity contribution < 1.29 is 54.3 Å². The number of azo groups is 3. The molecule has 0 saturated heterocycles. The van der Waals surface area contributed by atoms with Gasteiger partial charge in [-0.25, -0.2) is 26.4 Å². The Morgan fingerprint density at radius 1 is 0.696 bits per heavy atom. The number of nitrogens with zero attached hydrogens (tertiary/aromatic N) is 6. The lowest BCUT2D eigenvalue weighted by Crippen LogP contribution is -2.04. The van der Waals surface area contributed by atoms with Crippen LogP contribution in [-0.4, -0.2) is 58.4 Å². The van der Waals surface area contributed by atoms with Crippen molar-refractivity contribution in [1.82, 2.24) is 0 Å². The Morgan fingerprint density at radius 3 is 1.75 bits per heavy atom. The minimum atomic E-state index is -5.17. The zero-order valence-corrected chi connectivity index (χ0v) is 30.7. The Balaban J connectivity index is 2.01. The summed E-state index contributed by atoms with van der Waals surface area (Å²) < 4.78 is 88.1. The zero-order chi connectivity index (χ0) is 41.6. The summed E-state index contributed by atoms with van der Waals surface area (Å²) in [7, 11) is -13.2. The van der Waals surface area contributed by atoms with Gasteiger partial charge in [-0.05, 0) is 60.2 Å². The lowest BCUT2D eigenvalue weighted by Gasteiger charge is -2.13. The molecule has 24 heteroatoms. The normalized spacial score (nSPS) is 12.2. The first kappa shape index (κ1) is 41.7. The first-order valence-electron chi connectivity index (χ1n) is 14.9. The van der Waals surface area contributed by atoms with Gasteiger partial charge in [0, 0.05) is 10.8 Å². The van der Waals surface area contributed by atoms with Crippen LogP contribution in [0.5, 0.6) is 0 Å². The number of ether oxygens (including phenoxy) is 1. The fourth-order valence-corrected chi connectivity index (χ4v) is 6.67. The Morgan fingerprint density at radius 2 is 1.21 bits per heavy atom. The number of sulfone groups is 2. The van der Waals surface area contributed by atoms with Crippen LogP contribution < -0.4 is 11.5 Å². The number of anilines is 2. The van der Waals surface area contributed by atoms with Gasteiger partial charge in [-0.1, -0.05) is 19.2 Å². The lowest BCUT2D eigenvalue weighted by molar-refractivity contribution is 0.0686. The van der Waals surface area contributed by atoms with Crippen LogP contribution >= 0.6 is 0 Å². The van der Waals surface area contributed by atoms with Crippen LogP contribution in [0.25, 0.3) is 0 Å². The van der Waals surface area contributed by atoms with Crippen LogP contribution in [0.3, 0.4) is 0 Å². The van der Waals surface area contributed by atoms with Crippen molar-refractivity contribution in [2.75, 3.05) is 11.5 Å². The summed E-state index contributed by atoms with van der Waals surface area (Å²) in [6.07, 6.45) is 0.642. The van der Waals surface area contributed by atoms with E-state index in [2.05, 4.69) is 43.8 Å². The van der Waals surface area contributed by atoms with Crippen LogP contribution in [-0.2, 0) is 41.1 Å². The summed E-state index contributed by atoms with van der Waals surface area (Å²) >= 11 is 0. The molecule has 0 amide bonds. The number of carboxylic acids is 2. The molecule has 0 radical (unpaired) electrons. The SMILES string of the molecule is C=CS(=O)(=O)c1ccc(N=Nc2c(N)c(N=Nc3ccc(S(=O)(=O)C=C)cc3S(=O)(=O)O)c(N)c(N=Nc3ccc(COC=N)cc3C(=O)O)c2C(=O)O)cc1. The molecule has 56 heavy (non-hydrogen) atoms. The predicted octanol–water partition coefficient (Wildman–Crippen LogP) is 6.70. The standard InChI is InChI=1S/C32H27N9O12S3/c1-3-54(46,47)19-8-6-18(7-9-19)36-39-28-25(32(44)45)29(40-37-22-11-5-17(15-53-16-33)13-21(22)31(42)43)27(35)30(26(28)34)41-38-23-12-10-20(55(48,49)4-2)14-24(23)56(50,51)52/h3-14,16,33H,1-2,15,34-35H2,(H,42,43)(H,44,45)(H,50,51,52). The molecule has 290 valence electrons. The van der Waals surface area contributed by atoms with Gasteiger partial charge in [0.05, 0.1) is 32.4 Å². The minimum absolute atomic E-state index is 0.0162. The summed E-state index contributed by atoms with van der Waals surface area (Å²) in [5, 5.41) is 51.7. The number of hydrogen-bond donors (Lipinski definition) is 6. The average Bonchev–Trinajstić information content (AvgIpc) is 3.15. The molecule has 0 aliphatic carbocycles. The number of nitrogens with two attached hydrogens (primary N) is 2. The van der Waals surface area contributed by atoms with Crippen molar-refractivity contribution in [1.29, 1.82) is 5.41 Å². The number of nitrogens with one attached hydrogen (secondary N) is 1. The summed E-state index contributed by atoms with van der Waals surface area (Å²) in [5.74, 6) is -3.23. The maximum atomic E-state index is 12.7. The van der Waals surface area contributed by atoms with E-state index in [1.54, 1.807) is 0 Å². The third-order valence-corrected chi connectivity index (χ3v) is 10.9. The molecular formula is C32H27N9O12S3. The number of aromatic carboxylic acids is 2. The Labute approximate surface area is 317 Å². The van der Waals surface area contributed by atoms with Gasteiger partial charge in [0.1, 0.15) is 45.5 Å². The van der Waals surface area contributed by atoms with Crippen LogP contribution in [0.1, 0.15) is 26.3 Å². The Kier molecular flexibility index (Phi) is 12.3. The summed E-state index contributed by atoms with van der Waals surface area (Å²) in [6.45, 7) is 6.23. The largest absolute Gasteiger partial charge is 0.479 e. The second-order valence-electron chi connectivity index (χ2n) is 10.8. The predicted molar refractivity (Wildman–Crippen MR) is 199 cm³/mol. The van der Waals surface area contributed by atoms with E-state index in [1.165, 1.54) is 24.3 Å². The highest BCUT2D eigenvalue weighted by molar-refractivity contribution is 7.94. The van der Waals surface area contributed by atoms with Crippen molar-refractivity contribution in [2.45, 2.75) is 21.3 Å². The number of hydrogen-bond acceptors (Lipinski definition) is 18. The van der Waals surface area contributed by atoms with Gasteiger partial charge in [-0.15, -0.1) is 25.6 Å². The van der Waals surface area contributed by atoms with E-state index >= 15 is 0 Å². The summed E-state index contributed by atoms with van der Waals surface area (Å²) in [5.41, 5.74) is 7.34.